The highest BCUT2D eigenvalue weighted by atomic mass is 35.5. The standard InChI is InChI=1S/C22H19ClN6O2/c1-24-20-14(5-4-6-26-20)16-11-28-21-17(16)18(23)15(10-27-21)12-7-13(9-25-8-12)19(30)22(31)29(2)3/h4-11H,1-3H3,(H,24,26)(H,27,28). The summed E-state index contributed by atoms with van der Waals surface area (Å²) in [6.07, 6.45) is 8.11. The van der Waals surface area contributed by atoms with Crippen molar-refractivity contribution in [1.29, 1.82) is 0 Å². The van der Waals surface area contributed by atoms with Crippen molar-refractivity contribution in [2.45, 2.75) is 0 Å². The van der Waals surface area contributed by atoms with Crippen LogP contribution in [0, 0.1) is 0 Å². The molecule has 1 amide bonds. The lowest BCUT2D eigenvalue weighted by atomic mass is 10.0. The van der Waals surface area contributed by atoms with E-state index in [4.69, 9.17) is 11.6 Å². The first-order valence-electron chi connectivity index (χ1n) is 9.42. The van der Waals surface area contributed by atoms with Crippen molar-refractivity contribution in [3.05, 3.63) is 59.8 Å². The van der Waals surface area contributed by atoms with Gasteiger partial charge in [0, 0.05) is 85.3 Å². The number of H-pyrrole nitrogens is 1. The van der Waals surface area contributed by atoms with Crippen LogP contribution < -0.4 is 5.32 Å². The number of aromatic nitrogens is 4. The van der Waals surface area contributed by atoms with Crippen LogP contribution in [0.2, 0.25) is 5.02 Å². The third kappa shape index (κ3) is 3.62. The molecule has 8 nitrogen and oxygen atoms in total. The average Bonchev–Trinajstić information content (AvgIpc) is 3.23. The number of Topliss-reactive ketones (excluding diaryl/α,β-unsaturated/α-hetero) is 1. The van der Waals surface area contributed by atoms with Crippen LogP contribution in [-0.4, -0.2) is 57.7 Å². The minimum Gasteiger partial charge on any atom is -0.373 e. The predicted octanol–water partition coefficient (Wildman–Crippen LogP) is 3.65. The van der Waals surface area contributed by atoms with Gasteiger partial charge in [-0.25, -0.2) is 9.97 Å². The normalized spacial score (nSPS) is 10.8. The summed E-state index contributed by atoms with van der Waals surface area (Å²) in [6, 6.07) is 5.39. The number of nitrogens with one attached hydrogen (secondary N) is 2. The Morgan fingerprint density at radius 1 is 1.10 bits per heavy atom. The van der Waals surface area contributed by atoms with Crippen LogP contribution in [0.25, 0.3) is 33.3 Å². The monoisotopic (exact) mass is 434 g/mol. The minimum absolute atomic E-state index is 0.186. The Morgan fingerprint density at radius 2 is 1.90 bits per heavy atom. The maximum Gasteiger partial charge on any atom is 0.294 e. The molecule has 4 heterocycles. The highest BCUT2D eigenvalue weighted by Crippen LogP contribution is 2.40. The van der Waals surface area contributed by atoms with E-state index < -0.39 is 11.7 Å². The number of carbonyl (C=O) groups excluding carboxylic acids is 2. The molecular weight excluding hydrogens is 416 g/mol. The van der Waals surface area contributed by atoms with Crippen molar-refractivity contribution in [3.63, 3.8) is 0 Å². The first-order valence-corrected chi connectivity index (χ1v) is 9.80. The molecule has 0 fully saturated rings. The zero-order valence-corrected chi connectivity index (χ0v) is 17.9. The number of carbonyl (C=O) groups is 2. The maximum absolute atomic E-state index is 12.4. The second-order valence-corrected chi connectivity index (χ2v) is 7.43. The lowest BCUT2D eigenvalue weighted by molar-refractivity contribution is -0.124. The van der Waals surface area contributed by atoms with Gasteiger partial charge in [0.2, 0.25) is 0 Å². The molecule has 9 heteroatoms. The Labute approximate surface area is 183 Å². The van der Waals surface area contributed by atoms with E-state index in [-0.39, 0.29) is 5.56 Å². The molecule has 2 N–H and O–H groups in total. The largest absolute Gasteiger partial charge is 0.373 e. The SMILES string of the molecule is CNc1ncccc1-c1c[nH]c2ncc(-c3cncc(C(=O)C(=O)N(C)C)c3)c(Cl)c12. The summed E-state index contributed by atoms with van der Waals surface area (Å²) in [5.74, 6) is -0.551. The summed E-state index contributed by atoms with van der Waals surface area (Å²) >= 11 is 6.82. The number of nitrogens with zero attached hydrogens (tertiary/aromatic N) is 4. The Morgan fingerprint density at radius 3 is 2.65 bits per heavy atom. The fraction of sp³-hybridized carbons (Fsp3) is 0.136. The molecule has 0 aliphatic carbocycles. The summed E-state index contributed by atoms with van der Waals surface area (Å²) in [5.41, 5.74) is 3.71. The van der Waals surface area contributed by atoms with Crippen LogP contribution in [0.4, 0.5) is 5.82 Å². The highest BCUT2D eigenvalue weighted by Gasteiger charge is 2.21. The van der Waals surface area contributed by atoms with Crippen molar-refractivity contribution >= 4 is 40.1 Å². The number of halogens is 1. The zero-order chi connectivity index (χ0) is 22.1. The molecule has 31 heavy (non-hydrogen) atoms. The number of hydrogen-bond donors (Lipinski definition) is 2. The molecule has 0 unspecified atom stereocenters. The Balaban J connectivity index is 1.86. The van der Waals surface area contributed by atoms with E-state index in [2.05, 4.69) is 25.3 Å². The van der Waals surface area contributed by atoms with E-state index in [1.54, 1.807) is 31.7 Å². The van der Waals surface area contributed by atoms with Crippen molar-refractivity contribution in [1.82, 2.24) is 24.8 Å². The van der Waals surface area contributed by atoms with Gasteiger partial charge in [-0.1, -0.05) is 11.6 Å². The van der Waals surface area contributed by atoms with Crippen LogP contribution in [0.15, 0.2) is 49.2 Å². The number of amides is 1. The van der Waals surface area contributed by atoms with Crippen LogP contribution in [0.3, 0.4) is 0 Å². The van der Waals surface area contributed by atoms with Gasteiger partial charge in [0.25, 0.3) is 11.7 Å². The van der Waals surface area contributed by atoms with Crippen molar-refractivity contribution < 1.29 is 9.59 Å². The Bertz CT molecular complexity index is 1310. The quantitative estimate of drug-likeness (QED) is 0.367. The van der Waals surface area contributed by atoms with E-state index in [0.29, 0.717) is 27.6 Å². The molecule has 156 valence electrons. The van der Waals surface area contributed by atoms with E-state index in [9.17, 15) is 9.59 Å². The topological polar surface area (TPSA) is 104 Å². The Kier molecular flexibility index (Phi) is 5.39. The molecule has 4 aromatic rings. The van der Waals surface area contributed by atoms with Gasteiger partial charge in [0.15, 0.2) is 0 Å². The molecule has 4 rings (SSSR count). The van der Waals surface area contributed by atoms with Gasteiger partial charge in [-0.05, 0) is 18.2 Å². The molecule has 0 aliphatic heterocycles. The molecule has 0 atom stereocenters. The number of pyridine rings is 3. The number of rotatable bonds is 5. The third-order valence-corrected chi connectivity index (χ3v) is 5.28. The van der Waals surface area contributed by atoms with Crippen molar-refractivity contribution in [2.24, 2.45) is 0 Å². The van der Waals surface area contributed by atoms with E-state index in [0.717, 1.165) is 16.5 Å². The fourth-order valence-electron chi connectivity index (χ4n) is 3.33. The summed E-state index contributed by atoms with van der Waals surface area (Å²) in [7, 11) is 4.85. The number of anilines is 1. The Hall–Kier alpha value is -3.78. The number of aromatic amines is 1. The summed E-state index contributed by atoms with van der Waals surface area (Å²) in [6.45, 7) is 0. The van der Waals surface area contributed by atoms with Gasteiger partial charge in [0.1, 0.15) is 11.5 Å². The molecule has 0 spiro atoms. The molecule has 0 bridgehead atoms. The molecule has 0 radical (unpaired) electrons. The number of ketones is 1. The van der Waals surface area contributed by atoms with E-state index >= 15 is 0 Å². The van der Waals surface area contributed by atoms with Crippen LogP contribution in [0.5, 0.6) is 0 Å². The molecule has 4 aromatic heterocycles. The zero-order valence-electron chi connectivity index (χ0n) is 17.1. The van der Waals surface area contributed by atoms with Gasteiger partial charge >= 0.3 is 0 Å². The molecular formula is C22H19ClN6O2. The lowest BCUT2D eigenvalue weighted by Crippen LogP contribution is -2.29. The third-order valence-electron chi connectivity index (χ3n) is 4.88. The van der Waals surface area contributed by atoms with Gasteiger partial charge in [-0.3, -0.25) is 14.6 Å². The maximum atomic E-state index is 12.4. The number of likely N-dealkylation sites (N-methyl/N-ethyl adjacent to an activating group) is 1. The molecule has 0 saturated heterocycles. The minimum atomic E-state index is -0.638. The van der Waals surface area contributed by atoms with Gasteiger partial charge < -0.3 is 15.2 Å². The molecule has 0 aliphatic rings. The predicted molar refractivity (Wildman–Crippen MR) is 120 cm³/mol. The lowest BCUT2D eigenvalue weighted by Gasteiger charge is -2.11. The summed E-state index contributed by atoms with van der Waals surface area (Å²) in [4.78, 5) is 41.8. The molecule has 0 aromatic carbocycles. The smallest absolute Gasteiger partial charge is 0.294 e. The fourth-order valence-corrected chi connectivity index (χ4v) is 3.68. The molecule has 0 saturated carbocycles. The number of fused-ring (bicyclic) bond motifs is 1. The van der Waals surface area contributed by atoms with Crippen LogP contribution >= 0.6 is 11.6 Å². The van der Waals surface area contributed by atoms with Gasteiger partial charge in [-0.15, -0.1) is 0 Å². The van der Waals surface area contributed by atoms with Crippen LogP contribution in [0.1, 0.15) is 10.4 Å². The van der Waals surface area contributed by atoms with Crippen LogP contribution in [-0.2, 0) is 4.79 Å². The van der Waals surface area contributed by atoms with Crippen molar-refractivity contribution in [3.8, 4) is 22.3 Å². The van der Waals surface area contributed by atoms with E-state index in [1.165, 1.54) is 25.2 Å². The van der Waals surface area contributed by atoms with Gasteiger partial charge in [0.05, 0.1) is 5.02 Å². The summed E-state index contributed by atoms with van der Waals surface area (Å²) in [5, 5.41) is 4.26. The van der Waals surface area contributed by atoms with Gasteiger partial charge in [-0.2, -0.15) is 0 Å². The van der Waals surface area contributed by atoms with E-state index in [1.807, 2.05) is 18.3 Å². The number of hydrogen-bond acceptors (Lipinski definition) is 6. The first-order chi connectivity index (χ1) is 14.9. The summed E-state index contributed by atoms with van der Waals surface area (Å²) < 4.78 is 0. The average molecular weight is 435 g/mol. The highest BCUT2D eigenvalue weighted by molar-refractivity contribution is 6.43. The second kappa shape index (κ2) is 8.16. The first kappa shape index (κ1) is 20.5. The van der Waals surface area contributed by atoms with Crippen molar-refractivity contribution in [2.75, 3.05) is 26.5 Å². The second-order valence-electron chi connectivity index (χ2n) is 7.05.